The molecule has 3 aromatic rings. The summed E-state index contributed by atoms with van der Waals surface area (Å²) in [5.41, 5.74) is 2.85. The van der Waals surface area contributed by atoms with Gasteiger partial charge in [-0.1, -0.05) is 0 Å². The van der Waals surface area contributed by atoms with Crippen molar-refractivity contribution in [2.45, 2.75) is 33.2 Å². The summed E-state index contributed by atoms with van der Waals surface area (Å²) < 4.78 is 1.66. The summed E-state index contributed by atoms with van der Waals surface area (Å²) in [5, 5.41) is 7.38. The summed E-state index contributed by atoms with van der Waals surface area (Å²) in [6.45, 7) is 7.65. The molecule has 0 fully saturated rings. The summed E-state index contributed by atoms with van der Waals surface area (Å²) in [7, 11) is 0. The molecule has 0 aliphatic carbocycles. The van der Waals surface area contributed by atoms with Crippen molar-refractivity contribution in [1.82, 2.24) is 30.0 Å². The van der Waals surface area contributed by atoms with Gasteiger partial charge in [-0.05, 0) is 45.9 Å². The third kappa shape index (κ3) is 3.88. The number of aromatic nitrogens is 5. The highest BCUT2D eigenvalue weighted by Gasteiger charge is 2.21. The van der Waals surface area contributed by atoms with Crippen LogP contribution in [0.3, 0.4) is 0 Å². The Hall–Kier alpha value is -3.09. The first-order chi connectivity index (χ1) is 11.8. The fourth-order valence-corrected chi connectivity index (χ4v) is 2.28. The van der Waals surface area contributed by atoms with Crippen LogP contribution in [0.5, 0.6) is 0 Å². The fraction of sp³-hybridized carbons (Fsp3) is 0.278. The monoisotopic (exact) mass is 336 g/mol. The molecule has 0 radical (unpaired) electrons. The zero-order valence-corrected chi connectivity index (χ0v) is 14.7. The van der Waals surface area contributed by atoms with Crippen molar-refractivity contribution in [2.24, 2.45) is 0 Å². The molecule has 0 atom stereocenters. The molecule has 1 amide bonds. The number of nitrogens with zero attached hydrogens (tertiary/aromatic N) is 5. The highest BCUT2D eigenvalue weighted by molar-refractivity contribution is 5.93. The second-order valence-corrected chi connectivity index (χ2v) is 6.78. The van der Waals surface area contributed by atoms with E-state index in [9.17, 15) is 4.79 Å². The van der Waals surface area contributed by atoms with Gasteiger partial charge in [0, 0.05) is 17.9 Å². The standard InChI is InChI=1S/C18H20N6O/c1-12-9-21-15(11-20-12)16-8-14(17(25)22-18(2,3)4)23-24(16)13-6-5-7-19-10-13/h5-11H,1-4H3,(H,22,25). The molecule has 3 rings (SSSR count). The number of nitrogens with one attached hydrogen (secondary N) is 1. The number of pyridine rings is 1. The molecule has 0 saturated heterocycles. The molecule has 1 N–H and O–H groups in total. The Labute approximate surface area is 146 Å². The number of rotatable bonds is 3. The van der Waals surface area contributed by atoms with E-state index in [-0.39, 0.29) is 11.4 Å². The first-order valence-electron chi connectivity index (χ1n) is 7.95. The van der Waals surface area contributed by atoms with Crippen LogP contribution in [-0.4, -0.2) is 36.2 Å². The average molecular weight is 336 g/mol. The number of hydrogen-bond acceptors (Lipinski definition) is 5. The second kappa shape index (κ2) is 6.43. The largest absolute Gasteiger partial charge is 0.346 e. The molecular weight excluding hydrogens is 316 g/mol. The lowest BCUT2D eigenvalue weighted by molar-refractivity contribution is 0.0914. The molecule has 3 heterocycles. The van der Waals surface area contributed by atoms with E-state index in [1.165, 1.54) is 0 Å². The number of hydrogen-bond donors (Lipinski definition) is 1. The minimum atomic E-state index is -0.348. The molecule has 0 saturated carbocycles. The van der Waals surface area contributed by atoms with Gasteiger partial charge in [-0.25, -0.2) is 4.68 Å². The van der Waals surface area contributed by atoms with Gasteiger partial charge in [0.1, 0.15) is 5.69 Å². The molecule has 25 heavy (non-hydrogen) atoms. The van der Waals surface area contributed by atoms with Crippen LogP contribution in [0.4, 0.5) is 0 Å². The van der Waals surface area contributed by atoms with Gasteiger partial charge in [-0.3, -0.25) is 19.7 Å². The van der Waals surface area contributed by atoms with Crippen LogP contribution in [0.2, 0.25) is 0 Å². The molecule has 3 aromatic heterocycles. The normalized spacial score (nSPS) is 11.4. The quantitative estimate of drug-likeness (QED) is 0.794. The van der Waals surface area contributed by atoms with E-state index >= 15 is 0 Å². The van der Waals surface area contributed by atoms with E-state index < -0.39 is 0 Å². The van der Waals surface area contributed by atoms with E-state index in [1.54, 1.807) is 35.5 Å². The summed E-state index contributed by atoms with van der Waals surface area (Å²) in [5.74, 6) is -0.239. The lowest BCUT2D eigenvalue weighted by Crippen LogP contribution is -2.40. The van der Waals surface area contributed by atoms with E-state index in [2.05, 4.69) is 25.4 Å². The minimum Gasteiger partial charge on any atom is -0.346 e. The van der Waals surface area contributed by atoms with Gasteiger partial charge < -0.3 is 5.32 Å². The molecule has 7 heteroatoms. The molecule has 0 aliphatic heterocycles. The summed E-state index contributed by atoms with van der Waals surface area (Å²) in [6, 6.07) is 5.40. The maximum atomic E-state index is 12.5. The van der Waals surface area contributed by atoms with Crippen LogP contribution >= 0.6 is 0 Å². The molecule has 0 spiro atoms. The van der Waals surface area contributed by atoms with Crippen molar-refractivity contribution in [3.05, 3.63) is 54.4 Å². The van der Waals surface area contributed by atoms with Gasteiger partial charge in [0.05, 0.1) is 29.5 Å². The topological polar surface area (TPSA) is 85.6 Å². The molecule has 0 bridgehead atoms. The zero-order valence-electron chi connectivity index (χ0n) is 14.7. The third-order valence-electron chi connectivity index (χ3n) is 3.36. The third-order valence-corrected chi connectivity index (χ3v) is 3.36. The summed E-state index contributed by atoms with van der Waals surface area (Å²) >= 11 is 0. The van der Waals surface area contributed by atoms with Gasteiger partial charge in [0.25, 0.3) is 5.91 Å². The van der Waals surface area contributed by atoms with E-state index in [0.717, 1.165) is 11.4 Å². The van der Waals surface area contributed by atoms with E-state index in [0.29, 0.717) is 17.1 Å². The Balaban J connectivity index is 2.09. The van der Waals surface area contributed by atoms with Crippen molar-refractivity contribution in [3.8, 4) is 17.1 Å². The van der Waals surface area contributed by atoms with Crippen molar-refractivity contribution in [3.63, 3.8) is 0 Å². The van der Waals surface area contributed by atoms with Crippen LogP contribution < -0.4 is 5.32 Å². The Morgan fingerprint density at radius 1 is 1.16 bits per heavy atom. The predicted molar refractivity (Wildman–Crippen MR) is 94.3 cm³/mol. The van der Waals surface area contributed by atoms with Gasteiger partial charge in [0.15, 0.2) is 5.69 Å². The van der Waals surface area contributed by atoms with E-state index in [1.807, 2.05) is 39.8 Å². The smallest absolute Gasteiger partial charge is 0.272 e. The summed E-state index contributed by atoms with van der Waals surface area (Å²) in [6.07, 6.45) is 6.73. The molecule has 7 nitrogen and oxygen atoms in total. The number of aryl methyl sites for hydroxylation is 1. The predicted octanol–water partition coefficient (Wildman–Crippen LogP) is 2.56. The first kappa shape index (κ1) is 16.8. The van der Waals surface area contributed by atoms with Gasteiger partial charge in [-0.15, -0.1) is 0 Å². The molecule has 128 valence electrons. The zero-order chi connectivity index (χ0) is 18.0. The van der Waals surface area contributed by atoms with Crippen molar-refractivity contribution >= 4 is 5.91 Å². The highest BCUT2D eigenvalue weighted by atomic mass is 16.2. The first-order valence-corrected chi connectivity index (χ1v) is 7.95. The summed E-state index contributed by atoms with van der Waals surface area (Å²) in [4.78, 5) is 25.3. The fourth-order valence-electron chi connectivity index (χ4n) is 2.28. The SMILES string of the molecule is Cc1cnc(-c2cc(C(=O)NC(C)(C)C)nn2-c2cccnc2)cn1. The van der Waals surface area contributed by atoms with Crippen LogP contribution in [0.15, 0.2) is 43.0 Å². The van der Waals surface area contributed by atoms with Crippen molar-refractivity contribution in [2.75, 3.05) is 0 Å². The lowest BCUT2D eigenvalue weighted by atomic mass is 10.1. The van der Waals surface area contributed by atoms with Crippen molar-refractivity contribution < 1.29 is 4.79 Å². The highest BCUT2D eigenvalue weighted by Crippen LogP contribution is 2.22. The second-order valence-electron chi connectivity index (χ2n) is 6.78. The molecular formula is C18H20N6O. The number of carbonyl (C=O) groups is 1. The Morgan fingerprint density at radius 3 is 2.56 bits per heavy atom. The molecule has 0 unspecified atom stereocenters. The van der Waals surface area contributed by atoms with Crippen LogP contribution in [0, 0.1) is 6.92 Å². The number of amides is 1. The molecule has 0 aliphatic rings. The van der Waals surface area contributed by atoms with E-state index in [4.69, 9.17) is 0 Å². The maximum Gasteiger partial charge on any atom is 0.272 e. The minimum absolute atomic E-state index is 0.239. The van der Waals surface area contributed by atoms with Gasteiger partial charge in [0.2, 0.25) is 0 Å². The molecule has 0 aromatic carbocycles. The Bertz CT molecular complexity index is 878. The van der Waals surface area contributed by atoms with Crippen molar-refractivity contribution in [1.29, 1.82) is 0 Å². The van der Waals surface area contributed by atoms with Crippen LogP contribution in [0.1, 0.15) is 37.0 Å². The van der Waals surface area contributed by atoms with Crippen LogP contribution in [-0.2, 0) is 0 Å². The Morgan fingerprint density at radius 2 is 1.96 bits per heavy atom. The number of carbonyl (C=O) groups excluding carboxylic acids is 1. The Kier molecular flexibility index (Phi) is 4.31. The maximum absolute atomic E-state index is 12.5. The lowest BCUT2D eigenvalue weighted by Gasteiger charge is -2.19. The van der Waals surface area contributed by atoms with Gasteiger partial charge in [-0.2, -0.15) is 5.10 Å². The van der Waals surface area contributed by atoms with Crippen LogP contribution in [0.25, 0.3) is 17.1 Å². The van der Waals surface area contributed by atoms with Gasteiger partial charge >= 0.3 is 0 Å². The average Bonchev–Trinajstić information content (AvgIpc) is 3.00.